The topological polar surface area (TPSA) is 8.17 Å². The molecule has 0 saturated heterocycles. The van der Waals surface area contributed by atoms with E-state index in [2.05, 4.69) is 252 Å². The maximum atomic E-state index is 2.44. The van der Waals surface area contributed by atoms with Gasteiger partial charge in [0.15, 0.2) is 0 Å². The molecule has 11 aromatic rings. The Morgan fingerprint density at radius 2 is 0.667 bits per heavy atom. The molecule has 2 nitrogen and oxygen atoms in total. The number of benzene rings is 10. The molecule has 11 rings (SSSR count). The molecular formula is C58H40N2. The number of aromatic nitrogens is 1. The van der Waals surface area contributed by atoms with E-state index in [1.165, 1.54) is 77.1 Å². The van der Waals surface area contributed by atoms with E-state index in [0.717, 1.165) is 22.7 Å². The summed E-state index contributed by atoms with van der Waals surface area (Å²) in [5.41, 5.74) is 16.5. The van der Waals surface area contributed by atoms with Gasteiger partial charge in [-0.25, -0.2) is 0 Å². The fourth-order valence-electron chi connectivity index (χ4n) is 8.78. The van der Waals surface area contributed by atoms with Crippen LogP contribution in [-0.4, -0.2) is 4.57 Å². The van der Waals surface area contributed by atoms with Crippen molar-refractivity contribution in [2.24, 2.45) is 0 Å². The van der Waals surface area contributed by atoms with E-state index >= 15 is 0 Å². The first-order valence-electron chi connectivity index (χ1n) is 20.6. The predicted molar refractivity (Wildman–Crippen MR) is 255 cm³/mol. The molecule has 0 atom stereocenters. The summed E-state index contributed by atoms with van der Waals surface area (Å²) in [4.78, 5) is 2.35. The fourth-order valence-corrected chi connectivity index (χ4v) is 8.78. The van der Waals surface area contributed by atoms with Gasteiger partial charge in [0.25, 0.3) is 0 Å². The molecule has 10 aromatic carbocycles. The molecule has 1 aromatic heterocycles. The van der Waals surface area contributed by atoms with Gasteiger partial charge < -0.3 is 9.47 Å². The van der Waals surface area contributed by atoms with Gasteiger partial charge in [-0.05, 0) is 111 Å². The van der Waals surface area contributed by atoms with Crippen molar-refractivity contribution in [3.8, 4) is 50.2 Å². The van der Waals surface area contributed by atoms with Crippen LogP contribution in [0.15, 0.2) is 243 Å². The number of hydrogen-bond donors (Lipinski definition) is 0. The molecule has 0 N–H and O–H groups in total. The normalized spacial score (nSPS) is 11.3. The molecule has 0 aliphatic rings. The zero-order chi connectivity index (χ0) is 39.8. The van der Waals surface area contributed by atoms with Gasteiger partial charge in [0, 0.05) is 38.9 Å². The third kappa shape index (κ3) is 6.41. The van der Waals surface area contributed by atoms with E-state index in [1.807, 2.05) is 0 Å². The Morgan fingerprint density at radius 1 is 0.267 bits per heavy atom. The van der Waals surface area contributed by atoms with Gasteiger partial charge in [-0.2, -0.15) is 0 Å². The van der Waals surface area contributed by atoms with Crippen LogP contribution in [0.2, 0.25) is 0 Å². The second-order valence-electron chi connectivity index (χ2n) is 15.4. The van der Waals surface area contributed by atoms with Gasteiger partial charge in [-0.1, -0.05) is 182 Å². The Morgan fingerprint density at radius 3 is 1.17 bits per heavy atom. The Labute approximate surface area is 350 Å². The lowest BCUT2D eigenvalue weighted by atomic mass is 10.0. The summed E-state index contributed by atoms with van der Waals surface area (Å²) >= 11 is 0. The largest absolute Gasteiger partial charge is 0.311 e. The van der Waals surface area contributed by atoms with E-state index in [9.17, 15) is 0 Å². The van der Waals surface area contributed by atoms with E-state index in [1.54, 1.807) is 0 Å². The molecule has 0 fully saturated rings. The van der Waals surface area contributed by atoms with Crippen LogP contribution < -0.4 is 4.90 Å². The third-order valence-corrected chi connectivity index (χ3v) is 11.8. The van der Waals surface area contributed by atoms with Crippen LogP contribution in [0.25, 0.3) is 82.8 Å². The standard InChI is InChI=1S/C58H40N2/c1-4-12-41(13-5-1)44-20-30-50(31-21-44)59(51-32-22-45(23-33-51)42-14-6-2-7-15-42)52-34-26-47(27-35-52)49-29-39-57-56(40-49)55-38-28-48-18-10-11-19-54(48)58(55)60(57)53-36-24-46(25-37-53)43-16-8-3-9-17-43/h1-40H. The maximum Gasteiger partial charge on any atom is 0.0619 e. The number of fused-ring (bicyclic) bond motifs is 5. The van der Waals surface area contributed by atoms with E-state index in [4.69, 9.17) is 0 Å². The summed E-state index contributed by atoms with van der Waals surface area (Å²) in [6.45, 7) is 0. The lowest BCUT2D eigenvalue weighted by molar-refractivity contribution is 1.19. The number of hydrogen-bond acceptors (Lipinski definition) is 1. The van der Waals surface area contributed by atoms with Gasteiger partial charge in [-0.15, -0.1) is 0 Å². The zero-order valence-corrected chi connectivity index (χ0v) is 33.0. The van der Waals surface area contributed by atoms with Gasteiger partial charge >= 0.3 is 0 Å². The molecule has 0 spiro atoms. The number of rotatable bonds is 8. The Kier molecular flexibility index (Phi) is 8.87. The Balaban J connectivity index is 0.989. The van der Waals surface area contributed by atoms with E-state index in [0.29, 0.717) is 0 Å². The zero-order valence-electron chi connectivity index (χ0n) is 33.0. The highest BCUT2D eigenvalue weighted by Crippen LogP contribution is 2.41. The molecule has 0 aliphatic heterocycles. The van der Waals surface area contributed by atoms with Crippen molar-refractivity contribution in [3.05, 3.63) is 243 Å². The summed E-state index contributed by atoms with van der Waals surface area (Å²) in [7, 11) is 0. The smallest absolute Gasteiger partial charge is 0.0619 e. The summed E-state index contributed by atoms with van der Waals surface area (Å²) in [5, 5.41) is 4.97. The molecule has 2 heteroatoms. The SMILES string of the molecule is c1ccc(-c2ccc(N(c3ccc(-c4ccccc4)cc3)c3ccc(-c4ccc5c(c4)c4ccc6ccccc6c4n5-c4ccc(-c5ccccc5)cc4)cc3)cc2)cc1. The van der Waals surface area contributed by atoms with Gasteiger partial charge in [-0.3, -0.25) is 0 Å². The summed E-state index contributed by atoms with van der Waals surface area (Å²) < 4.78 is 2.44. The van der Waals surface area contributed by atoms with Crippen molar-refractivity contribution in [2.45, 2.75) is 0 Å². The molecular weight excluding hydrogens is 725 g/mol. The minimum Gasteiger partial charge on any atom is -0.311 e. The van der Waals surface area contributed by atoms with Crippen molar-refractivity contribution in [1.82, 2.24) is 4.57 Å². The molecule has 0 aliphatic carbocycles. The average Bonchev–Trinajstić information content (AvgIpc) is 3.67. The summed E-state index contributed by atoms with van der Waals surface area (Å²) in [6, 6.07) is 87.8. The van der Waals surface area contributed by atoms with E-state index < -0.39 is 0 Å². The molecule has 0 radical (unpaired) electrons. The Hall–Kier alpha value is -7.94. The monoisotopic (exact) mass is 764 g/mol. The third-order valence-electron chi connectivity index (χ3n) is 11.8. The average molecular weight is 765 g/mol. The first-order chi connectivity index (χ1) is 29.7. The Bertz CT molecular complexity index is 3160. The second-order valence-corrected chi connectivity index (χ2v) is 15.4. The van der Waals surface area contributed by atoms with Crippen LogP contribution in [0.5, 0.6) is 0 Å². The van der Waals surface area contributed by atoms with Gasteiger partial charge in [0.05, 0.1) is 11.0 Å². The first-order valence-corrected chi connectivity index (χ1v) is 20.6. The first kappa shape index (κ1) is 35.2. The highest BCUT2D eigenvalue weighted by molar-refractivity contribution is 6.19. The molecule has 60 heavy (non-hydrogen) atoms. The van der Waals surface area contributed by atoms with Gasteiger partial charge in [0.1, 0.15) is 0 Å². The second kappa shape index (κ2) is 15.1. The minimum atomic E-state index is 1.10. The van der Waals surface area contributed by atoms with Crippen molar-refractivity contribution < 1.29 is 0 Å². The van der Waals surface area contributed by atoms with Crippen LogP contribution in [0.1, 0.15) is 0 Å². The summed E-state index contributed by atoms with van der Waals surface area (Å²) in [5.74, 6) is 0. The van der Waals surface area contributed by atoms with Crippen LogP contribution in [0.3, 0.4) is 0 Å². The van der Waals surface area contributed by atoms with Crippen molar-refractivity contribution in [3.63, 3.8) is 0 Å². The van der Waals surface area contributed by atoms with Crippen molar-refractivity contribution >= 4 is 49.6 Å². The lowest BCUT2D eigenvalue weighted by Gasteiger charge is -2.26. The number of anilines is 3. The molecule has 0 unspecified atom stereocenters. The molecule has 1 heterocycles. The van der Waals surface area contributed by atoms with Crippen LogP contribution >= 0.6 is 0 Å². The fraction of sp³-hybridized carbons (Fsp3) is 0. The van der Waals surface area contributed by atoms with Crippen LogP contribution in [0, 0.1) is 0 Å². The highest BCUT2D eigenvalue weighted by Gasteiger charge is 2.18. The lowest BCUT2D eigenvalue weighted by Crippen LogP contribution is -2.09. The minimum absolute atomic E-state index is 1.10. The maximum absolute atomic E-state index is 2.44. The van der Waals surface area contributed by atoms with E-state index in [-0.39, 0.29) is 0 Å². The van der Waals surface area contributed by atoms with Crippen LogP contribution in [0.4, 0.5) is 17.1 Å². The molecule has 0 saturated carbocycles. The quantitative estimate of drug-likeness (QED) is 0.150. The summed E-state index contributed by atoms with van der Waals surface area (Å²) in [6.07, 6.45) is 0. The number of nitrogens with zero attached hydrogens (tertiary/aromatic N) is 2. The highest BCUT2D eigenvalue weighted by atomic mass is 15.1. The molecule has 0 amide bonds. The van der Waals surface area contributed by atoms with Crippen molar-refractivity contribution in [2.75, 3.05) is 4.90 Å². The van der Waals surface area contributed by atoms with Crippen molar-refractivity contribution in [1.29, 1.82) is 0 Å². The molecule has 282 valence electrons. The molecule has 0 bridgehead atoms. The van der Waals surface area contributed by atoms with Gasteiger partial charge in [0.2, 0.25) is 0 Å². The van der Waals surface area contributed by atoms with Crippen LogP contribution in [-0.2, 0) is 0 Å². The predicted octanol–water partition coefficient (Wildman–Crippen LogP) is 16.1.